The second kappa shape index (κ2) is 3.48. The van der Waals surface area contributed by atoms with Crippen molar-refractivity contribution in [2.45, 2.75) is 20.3 Å². The van der Waals surface area contributed by atoms with Gasteiger partial charge in [-0.1, -0.05) is 13.0 Å². The largest absolute Gasteiger partial charge is 0.456 e. The molecule has 0 aliphatic heterocycles. The summed E-state index contributed by atoms with van der Waals surface area (Å²) in [7, 11) is 0. The quantitative estimate of drug-likeness (QED) is 0.641. The lowest BCUT2D eigenvalue weighted by Crippen LogP contribution is -1.98. The van der Waals surface area contributed by atoms with Crippen LogP contribution in [0.2, 0.25) is 0 Å². The maximum absolute atomic E-state index is 11.8. The Hall–Kier alpha value is -2.03. The van der Waals surface area contributed by atoms with Gasteiger partial charge in [-0.15, -0.1) is 0 Å². The smallest absolute Gasteiger partial charge is 0.347 e. The fraction of sp³-hybridized carbons (Fsp3) is 0.214. The van der Waals surface area contributed by atoms with Crippen LogP contribution in [0.15, 0.2) is 37.9 Å². The van der Waals surface area contributed by atoms with Gasteiger partial charge in [0.1, 0.15) is 22.3 Å². The monoisotopic (exact) mass is 228 g/mol. The molecule has 0 saturated carbocycles. The van der Waals surface area contributed by atoms with E-state index in [0.29, 0.717) is 16.7 Å². The van der Waals surface area contributed by atoms with Gasteiger partial charge >= 0.3 is 5.63 Å². The second-order valence-corrected chi connectivity index (χ2v) is 4.17. The van der Waals surface area contributed by atoms with Crippen molar-refractivity contribution in [3.8, 4) is 0 Å². The van der Waals surface area contributed by atoms with Crippen LogP contribution in [0.5, 0.6) is 0 Å². The van der Waals surface area contributed by atoms with Crippen LogP contribution >= 0.6 is 0 Å². The number of fused-ring (bicyclic) bond motifs is 3. The minimum atomic E-state index is -0.327. The molecule has 3 heteroatoms. The maximum Gasteiger partial charge on any atom is 0.347 e. The first-order valence-corrected chi connectivity index (χ1v) is 5.65. The van der Waals surface area contributed by atoms with Gasteiger partial charge in [0.15, 0.2) is 0 Å². The fourth-order valence-corrected chi connectivity index (χ4v) is 2.11. The van der Waals surface area contributed by atoms with Crippen molar-refractivity contribution in [3.05, 3.63) is 46.0 Å². The van der Waals surface area contributed by atoms with Crippen LogP contribution in [0, 0.1) is 6.92 Å². The van der Waals surface area contributed by atoms with E-state index in [1.54, 1.807) is 13.0 Å². The average molecular weight is 228 g/mol. The van der Waals surface area contributed by atoms with E-state index < -0.39 is 0 Å². The number of hydrogen-bond acceptors (Lipinski definition) is 3. The first-order chi connectivity index (χ1) is 8.19. The zero-order valence-corrected chi connectivity index (χ0v) is 9.74. The summed E-state index contributed by atoms with van der Waals surface area (Å²) in [6, 6.07) is 7.66. The molecule has 2 heterocycles. The zero-order valence-electron chi connectivity index (χ0n) is 9.74. The van der Waals surface area contributed by atoms with Crippen molar-refractivity contribution >= 4 is 21.9 Å². The Kier molecular flexibility index (Phi) is 2.08. The molecule has 0 bridgehead atoms. The highest BCUT2D eigenvalue weighted by molar-refractivity contribution is 6.04. The summed E-state index contributed by atoms with van der Waals surface area (Å²) in [5.74, 6) is 0.567. The third kappa shape index (κ3) is 1.46. The Morgan fingerprint density at radius 3 is 2.71 bits per heavy atom. The molecule has 3 aromatic rings. The van der Waals surface area contributed by atoms with Crippen LogP contribution in [0.3, 0.4) is 0 Å². The topological polar surface area (TPSA) is 43.4 Å². The Morgan fingerprint density at radius 2 is 1.94 bits per heavy atom. The number of rotatable bonds is 1. The van der Waals surface area contributed by atoms with Gasteiger partial charge in [-0.3, -0.25) is 0 Å². The third-order valence-electron chi connectivity index (χ3n) is 2.98. The molecule has 0 aliphatic rings. The summed E-state index contributed by atoms with van der Waals surface area (Å²) < 4.78 is 10.8. The molecule has 2 aromatic heterocycles. The van der Waals surface area contributed by atoms with E-state index in [-0.39, 0.29) is 5.63 Å². The minimum absolute atomic E-state index is 0.327. The van der Waals surface area contributed by atoms with Crippen LogP contribution in [-0.4, -0.2) is 0 Å². The molecule has 0 radical (unpaired) electrons. The number of aryl methyl sites for hydroxylation is 2. The second-order valence-electron chi connectivity index (χ2n) is 4.17. The van der Waals surface area contributed by atoms with Gasteiger partial charge in [-0.05, 0) is 31.0 Å². The van der Waals surface area contributed by atoms with Crippen LogP contribution in [0.25, 0.3) is 21.9 Å². The Balaban J connectivity index is 2.53. The van der Waals surface area contributed by atoms with Crippen LogP contribution in [0.1, 0.15) is 18.2 Å². The van der Waals surface area contributed by atoms with Crippen molar-refractivity contribution in [3.63, 3.8) is 0 Å². The molecular weight excluding hydrogens is 216 g/mol. The standard InChI is InChI=1S/C14H12O3/c1-3-9-4-5-11-10(7-9)13-12(17-11)6-8(2)16-14(13)15/h4-7H,3H2,1-2H3. The molecule has 17 heavy (non-hydrogen) atoms. The molecule has 0 amide bonds. The Labute approximate surface area is 97.7 Å². The predicted octanol–water partition coefficient (Wildman–Crippen LogP) is 3.41. The molecule has 3 rings (SSSR count). The molecule has 0 saturated heterocycles. The molecular formula is C14H12O3. The summed E-state index contributed by atoms with van der Waals surface area (Å²) in [5.41, 5.74) is 2.18. The molecule has 0 fully saturated rings. The van der Waals surface area contributed by atoms with E-state index in [1.165, 1.54) is 5.56 Å². The van der Waals surface area contributed by atoms with E-state index >= 15 is 0 Å². The third-order valence-corrected chi connectivity index (χ3v) is 2.98. The summed E-state index contributed by atoms with van der Waals surface area (Å²) >= 11 is 0. The molecule has 0 aliphatic carbocycles. The van der Waals surface area contributed by atoms with Gasteiger partial charge in [0.25, 0.3) is 0 Å². The highest BCUT2D eigenvalue weighted by Crippen LogP contribution is 2.27. The molecule has 0 unspecified atom stereocenters. The van der Waals surface area contributed by atoms with Gasteiger partial charge in [-0.25, -0.2) is 4.79 Å². The highest BCUT2D eigenvalue weighted by Gasteiger charge is 2.12. The molecule has 0 N–H and O–H groups in total. The lowest BCUT2D eigenvalue weighted by atomic mass is 10.1. The van der Waals surface area contributed by atoms with Gasteiger partial charge < -0.3 is 8.83 Å². The summed E-state index contributed by atoms with van der Waals surface area (Å²) in [6.07, 6.45) is 0.930. The van der Waals surface area contributed by atoms with Gasteiger partial charge in [0, 0.05) is 11.5 Å². The van der Waals surface area contributed by atoms with Gasteiger partial charge in [0.2, 0.25) is 0 Å². The normalized spacial score (nSPS) is 11.4. The predicted molar refractivity (Wildman–Crippen MR) is 66.4 cm³/mol. The number of furan rings is 1. The highest BCUT2D eigenvalue weighted by atomic mass is 16.4. The van der Waals surface area contributed by atoms with Crippen molar-refractivity contribution in [1.82, 2.24) is 0 Å². The van der Waals surface area contributed by atoms with Crippen molar-refractivity contribution in [2.75, 3.05) is 0 Å². The first-order valence-electron chi connectivity index (χ1n) is 5.65. The zero-order chi connectivity index (χ0) is 12.0. The van der Waals surface area contributed by atoms with Gasteiger partial charge in [-0.2, -0.15) is 0 Å². The Morgan fingerprint density at radius 1 is 1.12 bits per heavy atom. The number of benzene rings is 1. The molecule has 3 nitrogen and oxygen atoms in total. The van der Waals surface area contributed by atoms with Crippen LogP contribution < -0.4 is 5.63 Å². The van der Waals surface area contributed by atoms with Gasteiger partial charge in [0.05, 0.1) is 0 Å². The molecule has 86 valence electrons. The van der Waals surface area contributed by atoms with Crippen LogP contribution in [-0.2, 0) is 6.42 Å². The minimum Gasteiger partial charge on any atom is -0.456 e. The molecule has 1 aromatic carbocycles. The lowest BCUT2D eigenvalue weighted by molar-refractivity contribution is 0.486. The van der Waals surface area contributed by atoms with Crippen molar-refractivity contribution in [1.29, 1.82) is 0 Å². The lowest BCUT2D eigenvalue weighted by Gasteiger charge is -1.94. The SMILES string of the molecule is CCc1ccc2oc3cc(C)oc(=O)c3c2c1. The van der Waals surface area contributed by atoms with E-state index in [2.05, 4.69) is 6.92 Å². The first kappa shape index (κ1) is 10.1. The Bertz CT molecular complexity index is 762. The van der Waals surface area contributed by atoms with E-state index in [0.717, 1.165) is 17.4 Å². The molecule has 0 atom stereocenters. The average Bonchev–Trinajstić information content (AvgIpc) is 2.65. The van der Waals surface area contributed by atoms with Crippen LogP contribution in [0.4, 0.5) is 0 Å². The van der Waals surface area contributed by atoms with E-state index in [9.17, 15) is 4.79 Å². The van der Waals surface area contributed by atoms with Crippen molar-refractivity contribution < 1.29 is 8.83 Å². The molecule has 0 spiro atoms. The maximum atomic E-state index is 11.8. The fourth-order valence-electron chi connectivity index (χ4n) is 2.11. The summed E-state index contributed by atoms with van der Waals surface area (Å²) in [5, 5.41) is 1.38. The van der Waals surface area contributed by atoms with E-state index in [1.807, 2.05) is 18.2 Å². The van der Waals surface area contributed by atoms with E-state index in [4.69, 9.17) is 8.83 Å². The summed E-state index contributed by atoms with van der Waals surface area (Å²) in [6.45, 7) is 3.82. The summed E-state index contributed by atoms with van der Waals surface area (Å²) in [4.78, 5) is 11.8. The number of hydrogen-bond donors (Lipinski definition) is 0. The van der Waals surface area contributed by atoms with Crippen molar-refractivity contribution in [2.24, 2.45) is 0 Å².